The van der Waals surface area contributed by atoms with Gasteiger partial charge in [0, 0.05) is 10.3 Å². The van der Waals surface area contributed by atoms with Crippen LogP contribution in [0.15, 0.2) is 52.9 Å². The van der Waals surface area contributed by atoms with Crippen LogP contribution in [0.25, 0.3) is 10.8 Å². The fourth-order valence-corrected chi connectivity index (χ4v) is 3.71. The van der Waals surface area contributed by atoms with Gasteiger partial charge in [-0.15, -0.1) is 0 Å². The normalized spacial score (nSPS) is 16.1. The summed E-state index contributed by atoms with van der Waals surface area (Å²) in [6.07, 6.45) is 0.991. The van der Waals surface area contributed by atoms with Crippen LogP contribution in [0.5, 0.6) is 0 Å². The van der Waals surface area contributed by atoms with Crippen LogP contribution in [0.1, 0.15) is 13.3 Å². The van der Waals surface area contributed by atoms with E-state index in [-0.39, 0.29) is 5.37 Å². The third kappa shape index (κ3) is 1.73. The van der Waals surface area contributed by atoms with Crippen molar-refractivity contribution in [1.29, 1.82) is 0 Å². The predicted octanol–water partition coefficient (Wildman–Crippen LogP) is 4.89. The molecule has 0 saturated heterocycles. The van der Waals surface area contributed by atoms with E-state index < -0.39 is 0 Å². The molecule has 0 aromatic heterocycles. The number of hydrogen-bond acceptors (Lipinski definition) is 3. The standard InChI is InChI=1S/C15H15NS2/c1-3-14(17)16-10(2)18-13-9-8-11-6-4-5-7-12(11)15(13)16/h4-9,14,17H,2-3H2,1H3. The highest BCUT2D eigenvalue weighted by Crippen LogP contribution is 2.50. The van der Waals surface area contributed by atoms with Crippen molar-refractivity contribution in [1.82, 2.24) is 0 Å². The Labute approximate surface area is 117 Å². The third-order valence-corrected chi connectivity index (χ3v) is 4.84. The second-order valence-electron chi connectivity index (χ2n) is 4.39. The molecule has 0 aliphatic carbocycles. The molecule has 1 aliphatic rings. The number of fused-ring (bicyclic) bond motifs is 3. The number of hydrogen-bond donors (Lipinski definition) is 1. The molecule has 2 aromatic rings. The number of rotatable bonds is 2. The SMILES string of the molecule is C=C1Sc2ccc3ccccc3c2N1C(S)CC. The minimum Gasteiger partial charge on any atom is -0.323 e. The van der Waals surface area contributed by atoms with Crippen molar-refractivity contribution in [2.24, 2.45) is 0 Å². The summed E-state index contributed by atoms with van der Waals surface area (Å²) < 4.78 is 0. The molecule has 3 rings (SSSR count). The molecule has 1 heterocycles. The summed E-state index contributed by atoms with van der Waals surface area (Å²) >= 11 is 6.43. The van der Waals surface area contributed by atoms with Crippen LogP contribution in [0.4, 0.5) is 5.69 Å². The van der Waals surface area contributed by atoms with E-state index in [4.69, 9.17) is 0 Å². The van der Waals surface area contributed by atoms with Crippen LogP contribution in [0.2, 0.25) is 0 Å². The van der Waals surface area contributed by atoms with Gasteiger partial charge in [0.15, 0.2) is 0 Å². The minimum atomic E-state index is 0.192. The van der Waals surface area contributed by atoms with Crippen molar-refractivity contribution < 1.29 is 0 Å². The van der Waals surface area contributed by atoms with Crippen molar-refractivity contribution >= 4 is 40.9 Å². The summed E-state index contributed by atoms with van der Waals surface area (Å²) in [7, 11) is 0. The van der Waals surface area contributed by atoms with Crippen molar-refractivity contribution in [3.63, 3.8) is 0 Å². The van der Waals surface area contributed by atoms with Crippen LogP contribution < -0.4 is 4.90 Å². The van der Waals surface area contributed by atoms with Crippen molar-refractivity contribution in [3.05, 3.63) is 48.0 Å². The van der Waals surface area contributed by atoms with E-state index in [1.54, 1.807) is 11.8 Å². The number of benzene rings is 2. The van der Waals surface area contributed by atoms with E-state index in [1.165, 1.54) is 21.4 Å². The van der Waals surface area contributed by atoms with Crippen molar-refractivity contribution in [2.75, 3.05) is 4.90 Å². The largest absolute Gasteiger partial charge is 0.323 e. The van der Waals surface area contributed by atoms with E-state index in [0.29, 0.717) is 0 Å². The predicted molar refractivity (Wildman–Crippen MR) is 84.5 cm³/mol. The zero-order chi connectivity index (χ0) is 12.7. The Balaban J connectivity index is 2.26. The fraction of sp³-hybridized carbons (Fsp3) is 0.200. The molecule has 18 heavy (non-hydrogen) atoms. The second kappa shape index (κ2) is 4.56. The zero-order valence-electron chi connectivity index (χ0n) is 10.3. The number of anilines is 1. The van der Waals surface area contributed by atoms with Gasteiger partial charge in [0.25, 0.3) is 0 Å². The maximum absolute atomic E-state index is 4.69. The van der Waals surface area contributed by atoms with Crippen LogP contribution in [0, 0.1) is 0 Å². The zero-order valence-corrected chi connectivity index (χ0v) is 12.0. The second-order valence-corrected chi connectivity index (χ2v) is 6.10. The molecule has 1 nitrogen and oxygen atoms in total. The lowest BCUT2D eigenvalue weighted by molar-refractivity contribution is 0.826. The van der Waals surface area contributed by atoms with Gasteiger partial charge in [-0.25, -0.2) is 0 Å². The first-order chi connectivity index (χ1) is 8.72. The summed E-state index contributed by atoms with van der Waals surface area (Å²) in [5, 5.41) is 3.82. The van der Waals surface area contributed by atoms with Crippen LogP contribution in [0.3, 0.4) is 0 Å². The quantitative estimate of drug-likeness (QED) is 0.776. The van der Waals surface area contributed by atoms with Crippen molar-refractivity contribution in [3.8, 4) is 0 Å². The van der Waals surface area contributed by atoms with E-state index in [1.807, 2.05) is 0 Å². The Morgan fingerprint density at radius 1 is 1.28 bits per heavy atom. The van der Waals surface area contributed by atoms with E-state index >= 15 is 0 Å². The highest BCUT2D eigenvalue weighted by molar-refractivity contribution is 8.03. The van der Waals surface area contributed by atoms with Gasteiger partial charge < -0.3 is 4.90 Å². The Morgan fingerprint density at radius 2 is 2.06 bits per heavy atom. The van der Waals surface area contributed by atoms with Gasteiger partial charge in [-0.2, -0.15) is 12.6 Å². The number of thioether (sulfide) groups is 1. The van der Waals surface area contributed by atoms with Gasteiger partial charge in [0.2, 0.25) is 0 Å². The first-order valence-corrected chi connectivity index (χ1v) is 7.41. The van der Waals surface area contributed by atoms with E-state index in [2.05, 4.69) is 67.4 Å². The molecule has 0 N–H and O–H groups in total. The first kappa shape index (κ1) is 12.0. The molecule has 1 atom stereocenters. The van der Waals surface area contributed by atoms with Gasteiger partial charge in [-0.05, 0) is 17.9 Å². The van der Waals surface area contributed by atoms with Crippen LogP contribution in [-0.2, 0) is 0 Å². The summed E-state index contributed by atoms with van der Waals surface area (Å²) in [6, 6.07) is 12.9. The molecule has 0 bridgehead atoms. The lowest BCUT2D eigenvalue weighted by Crippen LogP contribution is -2.26. The van der Waals surface area contributed by atoms with Crippen LogP contribution >= 0.6 is 24.4 Å². The Hall–Kier alpha value is -1.06. The van der Waals surface area contributed by atoms with E-state index in [9.17, 15) is 0 Å². The highest BCUT2D eigenvalue weighted by Gasteiger charge is 2.29. The summed E-state index contributed by atoms with van der Waals surface area (Å²) in [5.74, 6) is 0. The monoisotopic (exact) mass is 273 g/mol. The average Bonchev–Trinajstić information content (AvgIpc) is 2.74. The maximum Gasteiger partial charge on any atom is 0.0773 e. The van der Waals surface area contributed by atoms with Crippen molar-refractivity contribution in [2.45, 2.75) is 23.6 Å². The number of thiol groups is 1. The van der Waals surface area contributed by atoms with Gasteiger partial charge in [-0.3, -0.25) is 0 Å². The number of nitrogens with zero attached hydrogens (tertiary/aromatic N) is 1. The Morgan fingerprint density at radius 3 is 2.83 bits per heavy atom. The molecule has 0 fully saturated rings. The van der Waals surface area contributed by atoms with Crippen LogP contribution in [-0.4, -0.2) is 5.37 Å². The van der Waals surface area contributed by atoms with Gasteiger partial charge in [0.05, 0.1) is 16.1 Å². The smallest absolute Gasteiger partial charge is 0.0773 e. The third-order valence-electron chi connectivity index (χ3n) is 3.26. The Bertz CT molecular complexity index is 621. The molecule has 1 unspecified atom stereocenters. The van der Waals surface area contributed by atoms with Gasteiger partial charge >= 0.3 is 0 Å². The van der Waals surface area contributed by atoms with Gasteiger partial charge in [0.1, 0.15) is 0 Å². The molecule has 0 amide bonds. The average molecular weight is 273 g/mol. The maximum atomic E-state index is 4.69. The molecule has 3 heteroatoms. The molecular formula is C15H15NS2. The lowest BCUT2D eigenvalue weighted by Gasteiger charge is -2.26. The molecule has 1 aliphatic heterocycles. The summed E-state index contributed by atoms with van der Waals surface area (Å²) in [6.45, 7) is 6.32. The molecule has 2 aromatic carbocycles. The summed E-state index contributed by atoms with van der Waals surface area (Å²) in [4.78, 5) is 3.54. The highest BCUT2D eigenvalue weighted by atomic mass is 32.2. The fourth-order valence-electron chi connectivity index (χ4n) is 2.36. The Kier molecular flexibility index (Phi) is 3.04. The lowest BCUT2D eigenvalue weighted by atomic mass is 10.1. The molecular weight excluding hydrogens is 258 g/mol. The molecule has 0 spiro atoms. The molecule has 92 valence electrons. The van der Waals surface area contributed by atoms with Gasteiger partial charge in [-0.1, -0.05) is 55.6 Å². The molecule has 0 radical (unpaired) electrons. The minimum absolute atomic E-state index is 0.192. The van der Waals surface area contributed by atoms with E-state index in [0.717, 1.165) is 11.4 Å². The topological polar surface area (TPSA) is 3.24 Å². The summed E-state index contributed by atoms with van der Waals surface area (Å²) in [5.41, 5.74) is 1.27. The first-order valence-electron chi connectivity index (χ1n) is 6.08. The molecule has 0 saturated carbocycles.